The van der Waals surface area contributed by atoms with Crippen molar-refractivity contribution in [1.82, 2.24) is 10.9 Å². The first-order valence-electron chi connectivity index (χ1n) is 6.18. The van der Waals surface area contributed by atoms with Crippen LogP contribution in [0, 0.1) is 15.9 Å². The minimum absolute atomic E-state index is 0.000642. The van der Waals surface area contributed by atoms with Crippen LogP contribution in [0.1, 0.15) is 20.7 Å². The fraction of sp³-hybridized carbons (Fsp3) is 0. The molecule has 2 N–H and O–H groups in total. The van der Waals surface area contributed by atoms with Gasteiger partial charge in [-0.3, -0.25) is 30.6 Å². The summed E-state index contributed by atoms with van der Waals surface area (Å²) in [5, 5.41) is 10.8. The lowest BCUT2D eigenvalue weighted by Crippen LogP contribution is -2.41. The second-order valence-electron chi connectivity index (χ2n) is 4.34. The number of halogens is 2. The Balaban J connectivity index is 2.05. The third kappa shape index (κ3) is 4.10. The highest BCUT2D eigenvalue weighted by molar-refractivity contribution is 9.10. The van der Waals surface area contributed by atoms with Crippen LogP contribution in [0.15, 0.2) is 46.9 Å². The first-order valence-corrected chi connectivity index (χ1v) is 6.98. The Morgan fingerprint density at radius 2 is 1.52 bits per heavy atom. The number of amides is 2. The molecule has 0 aliphatic heterocycles. The summed E-state index contributed by atoms with van der Waals surface area (Å²) in [7, 11) is 0. The smallest absolute Gasteiger partial charge is 0.267 e. The number of hydrogen-bond donors (Lipinski definition) is 2. The van der Waals surface area contributed by atoms with E-state index >= 15 is 0 Å². The summed E-state index contributed by atoms with van der Waals surface area (Å²) in [4.78, 5) is 33.8. The maximum atomic E-state index is 12.8. The number of nitrogens with one attached hydrogen (secondary N) is 2. The summed E-state index contributed by atoms with van der Waals surface area (Å²) in [6, 6.07) is 8.50. The summed E-state index contributed by atoms with van der Waals surface area (Å²) in [5.74, 6) is -1.87. The minimum atomic E-state index is -0.726. The largest absolute Gasteiger partial charge is 0.284 e. The van der Waals surface area contributed by atoms with Gasteiger partial charge in [-0.25, -0.2) is 4.39 Å². The lowest BCUT2D eigenvalue weighted by Gasteiger charge is -2.07. The van der Waals surface area contributed by atoms with Crippen LogP contribution in [-0.2, 0) is 0 Å². The van der Waals surface area contributed by atoms with Crippen LogP contribution in [-0.4, -0.2) is 16.7 Å². The number of hydrazine groups is 1. The van der Waals surface area contributed by atoms with E-state index in [9.17, 15) is 24.1 Å². The number of benzene rings is 2. The van der Waals surface area contributed by atoms with E-state index in [4.69, 9.17) is 0 Å². The van der Waals surface area contributed by atoms with Crippen molar-refractivity contribution in [2.24, 2.45) is 0 Å². The van der Waals surface area contributed by atoms with Crippen molar-refractivity contribution >= 4 is 33.4 Å². The molecular formula is C14H9BrFN3O4. The molecule has 0 aliphatic carbocycles. The van der Waals surface area contributed by atoms with E-state index in [1.807, 2.05) is 0 Å². The van der Waals surface area contributed by atoms with Crippen LogP contribution in [0.3, 0.4) is 0 Å². The molecule has 118 valence electrons. The van der Waals surface area contributed by atoms with Gasteiger partial charge in [-0.1, -0.05) is 0 Å². The van der Waals surface area contributed by atoms with Crippen molar-refractivity contribution in [3.8, 4) is 0 Å². The standard InChI is InChI=1S/C14H9BrFN3O4/c15-11-6-3-9(7-12(11)19(22)23)14(21)18-17-13(20)8-1-4-10(16)5-2-8/h1-7H,(H,17,20)(H,18,21). The van der Waals surface area contributed by atoms with E-state index in [0.717, 1.165) is 18.2 Å². The highest BCUT2D eigenvalue weighted by Crippen LogP contribution is 2.25. The monoisotopic (exact) mass is 381 g/mol. The van der Waals surface area contributed by atoms with Crippen molar-refractivity contribution < 1.29 is 18.9 Å². The van der Waals surface area contributed by atoms with E-state index < -0.39 is 22.6 Å². The Bertz CT molecular complexity index is 780. The predicted molar refractivity (Wildman–Crippen MR) is 82.1 cm³/mol. The van der Waals surface area contributed by atoms with E-state index in [-0.39, 0.29) is 21.3 Å². The molecule has 7 nitrogen and oxygen atoms in total. The molecule has 0 radical (unpaired) electrons. The molecule has 9 heteroatoms. The highest BCUT2D eigenvalue weighted by atomic mass is 79.9. The number of hydrogen-bond acceptors (Lipinski definition) is 4. The Labute approximate surface area is 137 Å². The van der Waals surface area contributed by atoms with Gasteiger partial charge in [-0.15, -0.1) is 0 Å². The van der Waals surface area contributed by atoms with Crippen molar-refractivity contribution in [3.63, 3.8) is 0 Å². The Kier molecular flexibility index (Phi) is 5.02. The summed E-state index contributed by atoms with van der Waals surface area (Å²) in [6.45, 7) is 0. The molecule has 0 unspecified atom stereocenters. The molecule has 2 aromatic rings. The van der Waals surface area contributed by atoms with Crippen molar-refractivity contribution in [1.29, 1.82) is 0 Å². The molecule has 0 aromatic heterocycles. The van der Waals surface area contributed by atoms with Crippen molar-refractivity contribution in [2.75, 3.05) is 0 Å². The third-order valence-corrected chi connectivity index (χ3v) is 3.47. The zero-order valence-electron chi connectivity index (χ0n) is 11.4. The van der Waals surface area contributed by atoms with Crippen LogP contribution in [0.4, 0.5) is 10.1 Å². The van der Waals surface area contributed by atoms with Crippen LogP contribution in [0.2, 0.25) is 0 Å². The predicted octanol–water partition coefficient (Wildman–Crippen LogP) is 2.57. The number of nitro groups is 1. The van der Waals surface area contributed by atoms with Gasteiger partial charge in [0.25, 0.3) is 17.5 Å². The Morgan fingerprint density at radius 3 is 2.09 bits per heavy atom. The molecule has 23 heavy (non-hydrogen) atoms. The van der Waals surface area contributed by atoms with Gasteiger partial charge in [0.1, 0.15) is 5.82 Å². The molecule has 2 rings (SSSR count). The zero-order valence-corrected chi connectivity index (χ0v) is 13.0. The van der Waals surface area contributed by atoms with Gasteiger partial charge in [-0.05, 0) is 52.3 Å². The van der Waals surface area contributed by atoms with Gasteiger partial charge < -0.3 is 0 Å². The number of rotatable bonds is 3. The minimum Gasteiger partial charge on any atom is -0.267 e. The van der Waals surface area contributed by atoms with Gasteiger partial charge in [-0.2, -0.15) is 0 Å². The van der Waals surface area contributed by atoms with Crippen LogP contribution in [0.25, 0.3) is 0 Å². The first-order chi connectivity index (χ1) is 10.9. The fourth-order valence-corrected chi connectivity index (χ4v) is 2.04. The normalized spacial score (nSPS) is 10.0. The Morgan fingerprint density at radius 1 is 1.00 bits per heavy atom. The average Bonchev–Trinajstić information content (AvgIpc) is 2.53. The zero-order chi connectivity index (χ0) is 17.0. The number of nitro benzene ring substituents is 1. The SMILES string of the molecule is O=C(NNC(=O)c1ccc(Br)c([N+](=O)[O-])c1)c1ccc(F)cc1. The van der Waals surface area contributed by atoms with E-state index in [2.05, 4.69) is 26.8 Å². The fourth-order valence-electron chi connectivity index (χ4n) is 1.65. The second kappa shape index (κ2) is 6.97. The molecule has 2 aromatic carbocycles. The molecule has 0 fully saturated rings. The summed E-state index contributed by atoms with van der Waals surface area (Å²) >= 11 is 3.01. The summed E-state index contributed by atoms with van der Waals surface area (Å²) in [5.41, 5.74) is 4.14. The molecular weight excluding hydrogens is 373 g/mol. The van der Waals surface area contributed by atoms with Gasteiger partial charge in [0.15, 0.2) is 0 Å². The number of carbonyl (C=O) groups excluding carboxylic acids is 2. The van der Waals surface area contributed by atoms with Crippen molar-refractivity contribution in [3.05, 3.63) is 74.0 Å². The van der Waals surface area contributed by atoms with Crippen molar-refractivity contribution in [2.45, 2.75) is 0 Å². The van der Waals surface area contributed by atoms with Gasteiger partial charge in [0.05, 0.1) is 9.40 Å². The summed E-state index contributed by atoms with van der Waals surface area (Å²) < 4.78 is 13.0. The number of carbonyl (C=O) groups is 2. The van der Waals surface area contributed by atoms with Gasteiger partial charge in [0, 0.05) is 17.2 Å². The molecule has 0 spiro atoms. The summed E-state index contributed by atoms with van der Waals surface area (Å²) in [6.07, 6.45) is 0. The van der Waals surface area contributed by atoms with Gasteiger partial charge in [0.2, 0.25) is 0 Å². The van der Waals surface area contributed by atoms with Gasteiger partial charge >= 0.3 is 0 Å². The molecule has 0 aliphatic rings. The maximum Gasteiger partial charge on any atom is 0.284 e. The average molecular weight is 382 g/mol. The van der Waals surface area contributed by atoms with E-state index in [0.29, 0.717) is 0 Å². The van der Waals surface area contributed by atoms with Crippen LogP contribution in [0.5, 0.6) is 0 Å². The first kappa shape index (κ1) is 16.6. The number of nitrogens with zero attached hydrogens (tertiary/aromatic N) is 1. The molecule has 0 bridgehead atoms. The molecule has 0 atom stereocenters. The molecule has 0 saturated heterocycles. The third-order valence-electron chi connectivity index (χ3n) is 2.80. The van der Waals surface area contributed by atoms with E-state index in [1.165, 1.54) is 24.3 Å². The maximum absolute atomic E-state index is 12.8. The van der Waals surface area contributed by atoms with E-state index in [1.54, 1.807) is 0 Å². The lowest BCUT2D eigenvalue weighted by atomic mass is 10.2. The Hall–Kier alpha value is -2.81. The second-order valence-corrected chi connectivity index (χ2v) is 5.19. The molecule has 2 amide bonds. The lowest BCUT2D eigenvalue weighted by molar-refractivity contribution is -0.385. The van der Waals surface area contributed by atoms with Crippen LogP contribution < -0.4 is 10.9 Å². The topological polar surface area (TPSA) is 101 Å². The quantitative estimate of drug-likeness (QED) is 0.629. The van der Waals surface area contributed by atoms with Crippen LogP contribution >= 0.6 is 15.9 Å². The highest BCUT2D eigenvalue weighted by Gasteiger charge is 2.16. The molecule has 0 heterocycles. The molecule has 0 saturated carbocycles.